The zero-order chi connectivity index (χ0) is 17.9. The summed E-state index contributed by atoms with van der Waals surface area (Å²) < 4.78 is 5.06. The molecule has 0 bridgehead atoms. The topological polar surface area (TPSA) is 32.8 Å². The lowest BCUT2D eigenvalue weighted by Gasteiger charge is -2.49. The molecule has 138 valence electrons. The van der Waals surface area contributed by atoms with Gasteiger partial charge in [-0.15, -0.1) is 0 Å². The molecule has 2 fully saturated rings. The summed E-state index contributed by atoms with van der Waals surface area (Å²) in [4.78, 5) is 16.8. The SMILES string of the molecule is COCCC(=O)N1CCC2(CCC(c3ccccc3)(N(C)C)CC2)C1. The van der Waals surface area contributed by atoms with E-state index in [9.17, 15) is 4.79 Å². The van der Waals surface area contributed by atoms with E-state index in [1.165, 1.54) is 31.2 Å². The van der Waals surface area contributed by atoms with Crippen LogP contribution in [0.15, 0.2) is 30.3 Å². The largest absolute Gasteiger partial charge is 0.384 e. The first-order valence-corrected chi connectivity index (χ1v) is 9.51. The lowest BCUT2D eigenvalue weighted by molar-refractivity contribution is -0.131. The molecule has 0 aromatic heterocycles. The number of hydrogen-bond acceptors (Lipinski definition) is 3. The van der Waals surface area contributed by atoms with Crippen LogP contribution < -0.4 is 0 Å². The molecule has 1 aliphatic heterocycles. The summed E-state index contributed by atoms with van der Waals surface area (Å²) in [6.07, 6.45) is 6.42. The molecule has 1 heterocycles. The number of nitrogens with zero attached hydrogens (tertiary/aromatic N) is 2. The number of carbonyl (C=O) groups excluding carboxylic acids is 1. The quantitative estimate of drug-likeness (QED) is 0.822. The standard InChI is InChI=1S/C21H32N2O2/c1-22(2)21(18-7-5-4-6-8-18)12-10-20(11-13-21)14-15-23(17-20)19(24)9-16-25-3/h4-8H,9-17H2,1-3H3. The van der Waals surface area contributed by atoms with Gasteiger partial charge in [0.1, 0.15) is 0 Å². The van der Waals surface area contributed by atoms with Gasteiger partial charge in [-0.2, -0.15) is 0 Å². The van der Waals surface area contributed by atoms with E-state index in [0.717, 1.165) is 19.5 Å². The average molecular weight is 344 g/mol. The fraction of sp³-hybridized carbons (Fsp3) is 0.667. The predicted octanol–water partition coefficient (Wildman–Crippen LogP) is 3.27. The van der Waals surface area contributed by atoms with E-state index in [2.05, 4.69) is 54.2 Å². The molecule has 25 heavy (non-hydrogen) atoms. The van der Waals surface area contributed by atoms with Crippen molar-refractivity contribution in [1.82, 2.24) is 9.80 Å². The van der Waals surface area contributed by atoms with E-state index in [4.69, 9.17) is 4.74 Å². The Bertz CT molecular complexity index is 577. The van der Waals surface area contributed by atoms with Crippen LogP contribution in [0.25, 0.3) is 0 Å². The summed E-state index contributed by atoms with van der Waals surface area (Å²) in [5, 5.41) is 0. The normalized spacial score (nSPS) is 29.5. The second-order valence-electron chi connectivity index (χ2n) is 8.10. The highest BCUT2D eigenvalue weighted by atomic mass is 16.5. The molecule has 1 aliphatic carbocycles. The molecule has 3 rings (SSSR count). The second kappa shape index (κ2) is 7.46. The Morgan fingerprint density at radius 3 is 2.40 bits per heavy atom. The highest BCUT2D eigenvalue weighted by Gasteiger charge is 2.48. The second-order valence-corrected chi connectivity index (χ2v) is 8.10. The van der Waals surface area contributed by atoms with E-state index >= 15 is 0 Å². The highest BCUT2D eigenvalue weighted by Crippen LogP contribution is 2.51. The average Bonchev–Trinajstić information content (AvgIpc) is 3.05. The Morgan fingerprint density at radius 1 is 1.12 bits per heavy atom. The first-order valence-electron chi connectivity index (χ1n) is 9.51. The van der Waals surface area contributed by atoms with Crippen molar-refractivity contribution in [2.75, 3.05) is 40.9 Å². The summed E-state index contributed by atoms with van der Waals surface area (Å²) in [7, 11) is 6.07. The minimum absolute atomic E-state index is 0.139. The van der Waals surface area contributed by atoms with E-state index in [1.807, 2.05) is 0 Å². The Kier molecular flexibility index (Phi) is 5.49. The maximum absolute atomic E-state index is 12.3. The number of rotatable bonds is 5. The molecule has 4 heteroatoms. The Morgan fingerprint density at radius 2 is 1.80 bits per heavy atom. The first kappa shape index (κ1) is 18.4. The predicted molar refractivity (Wildman–Crippen MR) is 100 cm³/mol. The third-order valence-electron chi connectivity index (χ3n) is 6.62. The van der Waals surface area contributed by atoms with Crippen LogP contribution in [0.5, 0.6) is 0 Å². The Hall–Kier alpha value is -1.39. The van der Waals surface area contributed by atoms with Gasteiger partial charge in [-0.1, -0.05) is 30.3 Å². The van der Waals surface area contributed by atoms with Gasteiger partial charge in [0.2, 0.25) is 5.91 Å². The maximum Gasteiger partial charge on any atom is 0.224 e. The van der Waals surface area contributed by atoms with Crippen molar-refractivity contribution < 1.29 is 9.53 Å². The number of benzene rings is 1. The van der Waals surface area contributed by atoms with Gasteiger partial charge in [0.05, 0.1) is 13.0 Å². The van der Waals surface area contributed by atoms with Gasteiger partial charge in [0, 0.05) is 25.7 Å². The van der Waals surface area contributed by atoms with E-state index in [0.29, 0.717) is 18.4 Å². The molecule has 1 saturated heterocycles. The van der Waals surface area contributed by atoms with Gasteiger partial charge >= 0.3 is 0 Å². The van der Waals surface area contributed by atoms with Gasteiger partial charge in [0.25, 0.3) is 0 Å². The van der Waals surface area contributed by atoms with Crippen molar-refractivity contribution in [3.05, 3.63) is 35.9 Å². The van der Waals surface area contributed by atoms with Crippen LogP contribution >= 0.6 is 0 Å². The van der Waals surface area contributed by atoms with E-state index in [-0.39, 0.29) is 11.4 Å². The van der Waals surface area contributed by atoms with Crippen LogP contribution in [-0.2, 0) is 15.1 Å². The zero-order valence-electron chi connectivity index (χ0n) is 16.0. The number of carbonyl (C=O) groups is 1. The summed E-state index contributed by atoms with van der Waals surface area (Å²) in [5.74, 6) is 0.256. The first-order chi connectivity index (χ1) is 12.0. The fourth-order valence-electron chi connectivity index (χ4n) is 4.84. The molecule has 0 atom stereocenters. The summed E-state index contributed by atoms with van der Waals surface area (Å²) in [6, 6.07) is 10.9. The molecule has 2 aliphatic rings. The number of amides is 1. The molecule has 4 nitrogen and oxygen atoms in total. The van der Waals surface area contributed by atoms with Crippen LogP contribution in [-0.4, -0.2) is 56.6 Å². The molecular weight excluding hydrogens is 312 g/mol. The van der Waals surface area contributed by atoms with E-state index in [1.54, 1.807) is 7.11 Å². The van der Waals surface area contributed by atoms with Crippen LogP contribution in [0.4, 0.5) is 0 Å². The monoisotopic (exact) mass is 344 g/mol. The van der Waals surface area contributed by atoms with Gasteiger partial charge in [-0.3, -0.25) is 9.69 Å². The van der Waals surface area contributed by atoms with Crippen LogP contribution in [0.1, 0.15) is 44.1 Å². The minimum atomic E-state index is 0.139. The zero-order valence-corrected chi connectivity index (χ0v) is 16.0. The van der Waals surface area contributed by atoms with Crippen LogP contribution in [0.2, 0.25) is 0 Å². The van der Waals surface area contributed by atoms with Crippen molar-refractivity contribution in [1.29, 1.82) is 0 Å². The third kappa shape index (κ3) is 3.61. The summed E-state index contributed by atoms with van der Waals surface area (Å²) >= 11 is 0. The van der Waals surface area contributed by atoms with Crippen molar-refractivity contribution in [3.63, 3.8) is 0 Å². The highest BCUT2D eigenvalue weighted by molar-refractivity contribution is 5.76. The van der Waals surface area contributed by atoms with Crippen molar-refractivity contribution >= 4 is 5.91 Å². The van der Waals surface area contributed by atoms with Crippen molar-refractivity contribution in [2.45, 2.75) is 44.1 Å². The molecule has 1 spiro atoms. The fourth-order valence-corrected chi connectivity index (χ4v) is 4.84. The molecule has 1 amide bonds. The lowest BCUT2D eigenvalue weighted by atomic mass is 9.64. The number of likely N-dealkylation sites (tertiary alicyclic amines) is 1. The molecule has 1 saturated carbocycles. The van der Waals surface area contributed by atoms with Crippen LogP contribution in [0, 0.1) is 5.41 Å². The Balaban J connectivity index is 1.68. The van der Waals surface area contributed by atoms with Crippen LogP contribution in [0.3, 0.4) is 0 Å². The van der Waals surface area contributed by atoms with Gasteiger partial charge in [-0.05, 0) is 57.2 Å². The molecule has 1 aromatic carbocycles. The molecule has 0 unspecified atom stereocenters. The number of ether oxygens (including phenoxy) is 1. The van der Waals surface area contributed by atoms with Gasteiger partial charge < -0.3 is 9.64 Å². The number of hydrogen-bond donors (Lipinski definition) is 0. The number of methoxy groups -OCH3 is 1. The summed E-state index contributed by atoms with van der Waals surface area (Å²) in [5.41, 5.74) is 1.90. The smallest absolute Gasteiger partial charge is 0.224 e. The lowest BCUT2D eigenvalue weighted by Crippen LogP contribution is -2.47. The summed E-state index contributed by atoms with van der Waals surface area (Å²) in [6.45, 7) is 2.39. The molecule has 0 radical (unpaired) electrons. The van der Waals surface area contributed by atoms with Gasteiger partial charge in [-0.25, -0.2) is 0 Å². The molecular formula is C21H32N2O2. The maximum atomic E-state index is 12.3. The van der Waals surface area contributed by atoms with Crippen molar-refractivity contribution in [3.8, 4) is 0 Å². The third-order valence-corrected chi connectivity index (χ3v) is 6.62. The molecule has 0 N–H and O–H groups in total. The molecule has 1 aromatic rings. The van der Waals surface area contributed by atoms with Crippen molar-refractivity contribution in [2.24, 2.45) is 5.41 Å². The van der Waals surface area contributed by atoms with Gasteiger partial charge in [0.15, 0.2) is 0 Å². The van der Waals surface area contributed by atoms with E-state index < -0.39 is 0 Å². The Labute approximate surface area is 152 Å². The minimum Gasteiger partial charge on any atom is -0.384 e.